The molecule has 0 fully saturated rings. The van der Waals surface area contributed by atoms with Crippen molar-refractivity contribution in [1.82, 2.24) is 10.2 Å². The van der Waals surface area contributed by atoms with Crippen molar-refractivity contribution in [2.75, 3.05) is 0 Å². The number of amides is 2. The van der Waals surface area contributed by atoms with Crippen LogP contribution in [0, 0.1) is 0 Å². The fourth-order valence-corrected chi connectivity index (χ4v) is 3.22. The Bertz CT molecular complexity index is 924. The van der Waals surface area contributed by atoms with Crippen molar-refractivity contribution < 1.29 is 24.2 Å². The number of nitrogens with zero attached hydrogens (tertiary/aromatic N) is 1. The maximum atomic E-state index is 12.7. The number of benzene rings is 2. The average Bonchev–Trinajstić information content (AvgIpc) is 2.68. The molecule has 0 saturated carbocycles. The molecule has 7 heteroatoms. The Hall–Kier alpha value is -3.61. The average molecular weight is 380 g/mol. The van der Waals surface area contributed by atoms with Crippen molar-refractivity contribution in [2.45, 2.75) is 26.1 Å². The Morgan fingerprint density at radius 3 is 2.21 bits per heavy atom. The van der Waals surface area contributed by atoms with Gasteiger partial charge >= 0.3 is 18.0 Å². The molecule has 1 aliphatic rings. The largest absolute Gasteiger partial charge is 0.478 e. The molecule has 2 N–H and O–H groups in total. The molecule has 7 nitrogen and oxygen atoms in total. The molecule has 0 aromatic heterocycles. The van der Waals surface area contributed by atoms with Crippen LogP contribution in [-0.2, 0) is 9.53 Å². The summed E-state index contributed by atoms with van der Waals surface area (Å²) in [6.45, 7) is 3.05. The van der Waals surface area contributed by atoms with Gasteiger partial charge in [0.15, 0.2) is 6.23 Å². The second-order valence-corrected chi connectivity index (χ2v) is 6.34. The van der Waals surface area contributed by atoms with E-state index >= 15 is 0 Å². The minimum atomic E-state index is -1.15. The number of allylic oxidation sites excluding steroid dienone is 1. The van der Waals surface area contributed by atoms with Crippen LogP contribution in [0.1, 0.15) is 35.8 Å². The Morgan fingerprint density at radius 1 is 1.07 bits per heavy atom. The van der Waals surface area contributed by atoms with E-state index in [2.05, 4.69) is 5.32 Å². The van der Waals surface area contributed by atoms with Gasteiger partial charge in [0.1, 0.15) is 0 Å². The SMILES string of the molecule is CC1=C(C(=O)O)C(c2ccccc2)NC(=O)N1C(C)OC(=O)c1ccccc1. The standard InChI is InChI=1S/C21H20N2O5/c1-13-17(19(24)25)18(15-9-5-3-6-10-15)22-21(27)23(13)14(2)28-20(26)16-11-7-4-8-12-16/h3-12,14,18H,1-2H3,(H,22,27)(H,24,25). The van der Waals surface area contributed by atoms with Gasteiger partial charge in [0.05, 0.1) is 17.2 Å². The molecule has 1 heterocycles. The quantitative estimate of drug-likeness (QED) is 0.776. The van der Waals surface area contributed by atoms with Gasteiger partial charge in [0.2, 0.25) is 0 Å². The summed E-state index contributed by atoms with van der Waals surface area (Å²) in [5, 5.41) is 12.4. The van der Waals surface area contributed by atoms with E-state index in [-0.39, 0.29) is 11.3 Å². The number of hydrogen-bond donors (Lipinski definition) is 2. The number of esters is 1. The molecule has 28 heavy (non-hydrogen) atoms. The molecule has 2 atom stereocenters. The first-order chi connectivity index (χ1) is 13.4. The number of nitrogens with one attached hydrogen (secondary N) is 1. The molecule has 2 amide bonds. The lowest BCUT2D eigenvalue weighted by Crippen LogP contribution is -2.52. The van der Waals surface area contributed by atoms with Crippen molar-refractivity contribution in [3.8, 4) is 0 Å². The number of aliphatic carboxylic acids is 1. The molecule has 0 spiro atoms. The summed E-state index contributed by atoms with van der Waals surface area (Å²) in [6, 6.07) is 15.9. The van der Waals surface area contributed by atoms with Gasteiger partial charge in [-0.05, 0) is 31.5 Å². The molecule has 0 radical (unpaired) electrons. The Morgan fingerprint density at radius 2 is 1.64 bits per heavy atom. The molecule has 0 aliphatic carbocycles. The Kier molecular flexibility index (Phi) is 5.44. The number of urea groups is 1. The zero-order chi connectivity index (χ0) is 20.3. The number of rotatable bonds is 5. The van der Waals surface area contributed by atoms with E-state index < -0.39 is 30.2 Å². The van der Waals surface area contributed by atoms with Crippen LogP contribution in [0.3, 0.4) is 0 Å². The van der Waals surface area contributed by atoms with Gasteiger partial charge in [0.25, 0.3) is 0 Å². The molecular weight excluding hydrogens is 360 g/mol. The van der Waals surface area contributed by atoms with E-state index in [9.17, 15) is 19.5 Å². The van der Waals surface area contributed by atoms with Crippen LogP contribution in [0.2, 0.25) is 0 Å². The predicted molar refractivity (Wildman–Crippen MR) is 101 cm³/mol. The van der Waals surface area contributed by atoms with Crippen molar-refractivity contribution in [3.05, 3.63) is 83.1 Å². The zero-order valence-corrected chi connectivity index (χ0v) is 15.5. The molecule has 2 aromatic rings. The smallest absolute Gasteiger partial charge is 0.340 e. The van der Waals surface area contributed by atoms with Crippen LogP contribution in [-0.4, -0.2) is 34.2 Å². The summed E-state index contributed by atoms with van der Waals surface area (Å²) in [5.74, 6) is -1.76. The highest BCUT2D eigenvalue weighted by Crippen LogP contribution is 2.31. The van der Waals surface area contributed by atoms with Crippen molar-refractivity contribution >= 4 is 18.0 Å². The van der Waals surface area contributed by atoms with Gasteiger partial charge in [-0.15, -0.1) is 0 Å². The second-order valence-electron chi connectivity index (χ2n) is 6.34. The molecule has 1 aliphatic heterocycles. The molecule has 144 valence electrons. The molecule has 2 aromatic carbocycles. The highest BCUT2D eigenvalue weighted by molar-refractivity contribution is 5.94. The van der Waals surface area contributed by atoms with Crippen molar-refractivity contribution in [2.24, 2.45) is 0 Å². The van der Waals surface area contributed by atoms with Gasteiger partial charge in [-0.2, -0.15) is 0 Å². The summed E-state index contributed by atoms with van der Waals surface area (Å²) in [7, 11) is 0. The van der Waals surface area contributed by atoms with E-state index in [1.807, 2.05) is 6.07 Å². The van der Waals surface area contributed by atoms with Crippen LogP contribution in [0.4, 0.5) is 4.79 Å². The minimum Gasteiger partial charge on any atom is -0.478 e. The van der Waals surface area contributed by atoms with Gasteiger partial charge < -0.3 is 15.2 Å². The number of carboxylic acids is 1. The van der Waals surface area contributed by atoms with Gasteiger partial charge in [-0.3, -0.25) is 4.90 Å². The van der Waals surface area contributed by atoms with Gasteiger partial charge in [0, 0.05) is 5.70 Å². The van der Waals surface area contributed by atoms with Crippen LogP contribution in [0.25, 0.3) is 0 Å². The monoisotopic (exact) mass is 380 g/mol. The van der Waals surface area contributed by atoms with Crippen molar-refractivity contribution in [3.63, 3.8) is 0 Å². The lowest BCUT2D eigenvalue weighted by molar-refractivity contribution is -0.133. The topological polar surface area (TPSA) is 95.9 Å². The van der Waals surface area contributed by atoms with Crippen molar-refractivity contribution in [1.29, 1.82) is 0 Å². The fraction of sp³-hybridized carbons (Fsp3) is 0.190. The van der Waals surface area contributed by atoms with Gasteiger partial charge in [-0.25, -0.2) is 14.4 Å². The number of carbonyl (C=O) groups is 3. The molecule has 2 unspecified atom stereocenters. The molecule has 3 rings (SSSR count). The zero-order valence-electron chi connectivity index (χ0n) is 15.5. The summed E-state index contributed by atoms with van der Waals surface area (Å²) in [4.78, 5) is 38.1. The maximum absolute atomic E-state index is 12.7. The van der Waals surface area contributed by atoms with Crippen LogP contribution >= 0.6 is 0 Å². The summed E-state index contributed by atoms with van der Waals surface area (Å²) >= 11 is 0. The lowest BCUT2D eigenvalue weighted by Gasteiger charge is -2.37. The van der Waals surface area contributed by atoms with E-state index in [1.165, 1.54) is 13.8 Å². The van der Waals surface area contributed by atoms with E-state index in [0.717, 1.165) is 4.90 Å². The molecule has 0 bridgehead atoms. The number of hydrogen-bond acceptors (Lipinski definition) is 4. The highest BCUT2D eigenvalue weighted by Gasteiger charge is 2.38. The summed E-state index contributed by atoms with van der Waals surface area (Å²) in [6.07, 6.45) is -0.987. The maximum Gasteiger partial charge on any atom is 0.340 e. The third kappa shape index (κ3) is 3.73. The van der Waals surface area contributed by atoms with Crippen LogP contribution in [0.5, 0.6) is 0 Å². The predicted octanol–water partition coefficient (Wildman–Crippen LogP) is 3.31. The number of carboxylic acid groups (broad SMARTS) is 1. The third-order valence-electron chi connectivity index (χ3n) is 4.54. The summed E-state index contributed by atoms with van der Waals surface area (Å²) < 4.78 is 5.38. The number of carbonyl (C=O) groups excluding carboxylic acids is 2. The highest BCUT2D eigenvalue weighted by atomic mass is 16.6. The van der Waals surface area contributed by atoms with E-state index in [0.29, 0.717) is 11.1 Å². The van der Waals surface area contributed by atoms with Gasteiger partial charge in [-0.1, -0.05) is 48.5 Å². The second kappa shape index (κ2) is 7.96. The van der Waals surface area contributed by atoms with Crippen LogP contribution < -0.4 is 5.32 Å². The summed E-state index contributed by atoms with van der Waals surface area (Å²) in [5.41, 5.74) is 1.24. The fourth-order valence-electron chi connectivity index (χ4n) is 3.22. The Balaban J connectivity index is 1.91. The lowest BCUT2D eigenvalue weighted by atomic mass is 9.95. The third-order valence-corrected chi connectivity index (χ3v) is 4.54. The minimum absolute atomic E-state index is 0.0217. The van der Waals surface area contributed by atoms with Crippen LogP contribution in [0.15, 0.2) is 71.9 Å². The van der Waals surface area contributed by atoms with E-state index in [1.54, 1.807) is 54.6 Å². The Labute approximate surface area is 162 Å². The molecular formula is C21H20N2O5. The first-order valence-corrected chi connectivity index (χ1v) is 8.75. The molecule has 0 saturated heterocycles. The first kappa shape index (κ1) is 19.2. The van der Waals surface area contributed by atoms with E-state index in [4.69, 9.17) is 4.74 Å². The number of ether oxygens (including phenoxy) is 1. The normalized spacial score (nSPS) is 17.7. The first-order valence-electron chi connectivity index (χ1n) is 8.75.